The number of hydrogen-bond acceptors (Lipinski definition) is 1. The van der Waals surface area contributed by atoms with Crippen LogP contribution in [0.25, 0.3) is 28.0 Å². The third-order valence-electron chi connectivity index (χ3n) is 5.63. The van der Waals surface area contributed by atoms with Crippen molar-refractivity contribution in [1.29, 1.82) is 0 Å². The summed E-state index contributed by atoms with van der Waals surface area (Å²) in [6.45, 7) is 0. The summed E-state index contributed by atoms with van der Waals surface area (Å²) >= 11 is 0. The highest BCUT2D eigenvalue weighted by Crippen LogP contribution is 2.53. The van der Waals surface area contributed by atoms with E-state index >= 15 is 0 Å². The van der Waals surface area contributed by atoms with Crippen molar-refractivity contribution >= 4 is 16.8 Å². The van der Waals surface area contributed by atoms with Crippen LogP contribution in [0.2, 0.25) is 0 Å². The summed E-state index contributed by atoms with van der Waals surface area (Å²) in [5.41, 5.74) is 5.58. The lowest BCUT2D eigenvalue weighted by Gasteiger charge is -2.34. The Morgan fingerprint density at radius 2 is 1.27 bits per heavy atom. The first-order valence-corrected chi connectivity index (χ1v) is 8.96. The van der Waals surface area contributed by atoms with Crippen molar-refractivity contribution < 1.29 is 4.74 Å². The average molecular weight is 332 g/mol. The number of rotatable bonds is 0. The van der Waals surface area contributed by atoms with Gasteiger partial charge >= 0.3 is 0 Å². The molecule has 1 aliphatic heterocycles. The zero-order valence-corrected chi connectivity index (χ0v) is 14.1. The number of fused-ring (bicyclic) bond motifs is 8. The fourth-order valence-corrected chi connectivity index (χ4v) is 4.46. The maximum atomic E-state index is 6.75. The first-order valence-electron chi connectivity index (χ1n) is 8.96. The largest absolute Gasteiger partial charge is 0.473 e. The van der Waals surface area contributed by atoms with Gasteiger partial charge in [-0.25, -0.2) is 0 Å². The molecule has 1 nitrogen and oxygen atoms in total. The quantitative estimate of drug-likeness (QED) is 0.374. The molecule has 0 unspecified atom stereocenters. The third kappa shape index (κ3) is 1.65. The van der Waals surface area contributed by atoms with E-state index in [1.807, 2.05) is 0 Å². The van der Waals surface area contributed by atoms with E-state index in [-0.39, 0.29) is 0 Å². The van der Waals surface area contributed by atoms with E-state index < -0.39 is 5.60 Å². The Balaban J connectivity index is 1.64. The van der Waals surface area contributed by atoms with Crippen LogP contribution in [-0.4, -0.2) is 0 Å². The van der Waals surface area contributed by atoms with E-state index in [9.17, 15) is 0 Å². The molecule has 0 N–H and O–H groups in total. The van der Waals surface area contributed by atoms with Crippen molar-refractivity contribution in [1.82, 2.24) is 0 Å². The molecule has 0 atom stereocenters. The highest BCUT2D eigenvalue weighted by molar-refractivity contribution is 5.94. The van der Waals surface area contributed by atoms with E-state index in [1.54, 1.807) is 0 Å². The molecule has 0 aromatic heterocycles. The summed E-state index contributed by atoms with van der Waals surface area (Å²) in [5.74, 6) is 0.942. The minimum Gasteiger partial charge on any atom is -0.473 e. The Morgan fingerprint density at radius 3 is 2.04 bits per heavy atom. The highest BCUT2D eigenvalue weighted by atomic mass is 16.5. The van der Waals surface area contributed by atoms with E-state index in [2.05, 4.69) is 97.1 Å². The zero-order chi connectivity index (χ0) is 17.1. The average Bonchev–Trinajstić information content (AvgIpc) is 2.98. The third-order valence-corrected chi connectivity index (χ3v) is 5.63. The predicted octanol–water partition coefficient (Wildman–Crippen LogP) is 6.17. The first kappa shape index (κ1) is 13.9. The molecular formula is C25H16O. The summed E-state index contributed by atoms with van der Waals surface area (Å²) in [7, 11) is 0. The van der Waals surface area contributed by atoms with Gasteiger partial charge in [0.05, 0.1) is 0 Å². The van der Waals surface area contributed by atoms with Crippen molar-refractivity contribution in [2.45, 2.75) is 5.60 Å². The van der Waals surface area contributed by atoms with Crippen molar-refractivity contribution in [3.05, 3.63) is 108 Å². The lowest BCUT2D eigenvalue weighted by molar-refractivity contribution is 0.166. The molecule has 26 heavy (non-hydrogen) atoms. The fraction of sp³-hybridized carbons (Fsp3) is 0.0400. The van der Waals surface area contributed by atoms with Crippen molar-refractivity contribution in [3.63, 3.8) is 0 Å². The molecule has 0 bridgehead atoms. The Hall–Kier alpha value is -3.32. The predicted molar refractivity (Wildman–Crippen MR) is 106 cm³/mol. The Kier molecular flexibility index (Phi) is 2.60. The molecular weight excluding hydrogens is 316 g/mol. The summed E-state index contributed by atoms with van der Waals surface area (Å²) < 4.78 is 6.75. The molecule has 6 rings (SSSR count). The molecule has 0 fully saturated rings. The second-order valence-corrected chi connectivity index (χ2v) is 6.96. The van der Waals surface area contributed by atoms with Crippen LogP contribution < -0.4 is 4.74 Å². The highest BCUT2D eigenvalue weighted by Gasteiger charge is 2.45. The number of ether oxygens (including phenoxy) is 1. The molecule has 4 aromatic rings. The summed E-state index contributed by atoms with van der Waals surface area (Å²) in [5, 5.41) is 2.47. The molecule has 0 saturated heterocycles. The van der Waals surface area contributed by atoms with E-state index in [0.29, 0.717) is 0 Å². The maximum Gasteiger partial charge on any atom is 0.179 e. The molecule has 2 aliphatic rings. The molecule has 1 spiro atoms. The van der Waals surface area contributed by atoms with Gasteiger partial charge in [-0.05, 0) is 40.1 Å². The molecule has 1 aliphatic carbocycles. The lowest BCUT2D eigenvalue weighted by Crippen LogP contribution is -2.32. The molecule has 4 aromatic carbocycles. The Labute approximate surface area is 152 Å². The van der Waals surface area contributed by atoms with Crippen LogP contribution in [0.15, 0.2) is 91.0 Å². The van der Waals surface area contributed by atoms with E-state index in [1.165, 1.54) is 33.0 Å². The minimum atomic E-state index is -0.539. The monoisotopic (exact) mass is 332 g/mol. The summed E-state index contributed by atoms with van der Waals surface area (Å²) in [6.07, 6.45) is 4.46. The van der Waals surface area contributed by atoms with Crippen LogP contribution in [0.1, 0.15) is 16.7 Å². The first-order chi connectivity index (χ1) is 12.9. The van der Waals surface area contributed by atoms with Crippen LogP contribution in [0.4, 0.5) is 0 Å². The van der Waals surface area contributed by atoms with Crippen molar-refractivity contribution in [2.24, 2.45) is 0 Å². The van der Waals surface area contributed by atoms with Crippen molar-refractivity contribution in [3.8, 4) is 16.9 Å². The van der Waals surface area contributed by atoms with Crippen LogP contribution in [0, 0.1) is 0 Å². The standard InChI is InChI=1S/C25H16O/c1-2-8-18-17(7-1)13-14-24-21(18)15-16-25(26-24)22-11-5-3-9-19(22)20-10-4-6-12-23(20)25/h1-16H. The Bertz CT molecular complexity index is 1170. The van der Waals surface area contributed by atoms with Gasteiger partial charge in [0, 0.05) is 16.7 Å². The maximum absolute atomic E-state index is 6.75. The van der Waals surface area contributed by atoms with Crippen molar-refractivity contribution in [2.75, 3.05) is 0 Å². The molecule has 0 amide bonds. The van der Waals surface area contributed by atoms with E-state index in [0.717, 1.165) is 11.3 Å². The summed E-state index contributed by atoms with van der Waals surface area (Å²) in [4.78, 5) is 0. The SMILES string of the molecule is C1=CC2(Oc3ccc4ccccc4c31)c1ccccc1-c1ccccc12. The van der Waals surface area contributed by atoms with Gasteiger partial charge in [0.25, 0.3) is 0 Å². The smallest absolute Gasteiger partial charge is 0.179 e. The topological polar surface area (TPSA) is 9.23 Å². The van der Waals surface area contributed by atoms with Gasteiger partial charge in [-0.2, -0.15) is 0 Å². The number of hydrogen-bond donors (Lipinski definition) is 0. The molecule has 0 radical (unpaired) electrons. The molecule has 1 heteroatoms. The molecule has 0 saturated carbocycles. The second-order valence-electron chi connectivity index (χ2n) is 6.96. The minimum absolute atomic E-state index is 0.539. The van der Waals surface area contributed by atoms with Gasteiger partial charge in [-0.3, -0.25) is 0 Å². The van der Waals surface area contributed by atoms with Crippen LogP contribution in [0.3, 0.4) is 0 Å². The molecule has 122 valence electrons. The van der Waals surface area contributed by atoms with Crippen LogP contribution in [-0.2, 0) is 5.60 Å². The second kappa shape index (κ2) is 4.86. The van der Waals surface area contributed by atoms with E-state index in [4.69, 9.17) is 4.74 Å². The number of benzene rings is 4. The molecule has 1 heterocycles. The Morgan fingerprint density at radius 1 is 0.615 bits per heavy atom. The zero-order valence-electron chi connectivity index (χ0n) is 14.1. The van der Waals surface area contributed by atoms with Gasteiger partial charge in [0.2, 0.25) is 0 Å². The van der Waals surface area contributed by atoms with Crippen LogP contribution in [0.5, 0.6) is 5.75 Å². The van der Waals surface area contributed by atoms with Gasteiger partial charge < -0.3 is 4.74 Å². The fourth-order valence-electron chi connectivity index (χ4n) is 4.46. The van der Waals surface area contributed by atoms with Gasteiger partial charge in [0.15, 0.2) is 5.60 Å². The van der Waals surface area contributed by atoms with Gasteiger partial charge in [-0.1, -0.05) is 78.9 Å². The normalized spacial score (nSPS) is 15.4. The van der Waals surface area contributed by atoms with Crippen LogP contribution >= 0.6 is 0 Å². The lowest BCUT2D eigenvalue weighted by atomic mass is 9.87. The van der Waals surface area contributed by atoms with Gasteiger partial charge in [0.1, 0.15) is 5.75 Å². The summed E-state index contributed by atoms with van der Waals surface area (Å²) in [6, 6.07) is 29.9. The van der Waals surface area contributed by atoms with Gasteiger partial charge in [-0.15, -0.1) is 0 Å².